The summed E-state index contributed by atoms with van der Waals surface area (Å²) in [5.74, 6) is 0.478. The van der Waals surface area contributed by atoms with Gasteiger partial charge in [-0.25, -0.2) is 14.8 Å². The van der Waals surface area contributed by atoms with Gasteiger partial charge in [0.25, 0.3) is 0 Å². The first-order valence-corrected chi connectivity index (χ1v) is 11.1. The number of carboxylic acid groups (broad SMARTS) is 1. The van der Waals surface area contributed by atoms with Gasteiger partial charge in [-0.2, -0.15) is 13.2 Å². The molecule has 0 unspecified atom stereocenters. The van der Waals surface area contributed by atoms with Crippen LogP contribution < -0.4 is 10.1 Å². The number of nitrogens with one attached hydrogen (secondary N) is 1. The fourth-order valence-corrected chi connectivity index (χ4v) is 4.12. The van der Waals surface area contributed by atoms with Gasteiger partial charge in [-0.1, -0.05) is 24.3 Å². The van der Waals surface area contributed by atoms with Crippen molar-refractivity contribution in [1.82, 2.24) is 9.97 Å². The number of hydrogen-bond acceptors (Lipinski definition) is 5. The van der Waals surface area contributed by atoms with E-state index in [-0.39, 0.29) is 5.56 Å². The molecule has 4 aromatic rings. The van der Waals surface area contributed by atoms with Crippen molar-refractivity contribution in [3.8, 4) is 16.9 Å². The van der Waals surface area contributed by atoms with E-state index in [0.717, 1.165) is 17.7 Å². The predicted octanol–water partition coefficient (Wildman–Crippen LogP) is 6.81. The highest BCUT2D eigenvalue weighted by atomic mass is 19.4. The molecule has 1 atom stereocenters. The fourth-order valence-electron chi connectivity index (χ4n) is 4.12. The van der Waals surface area contributed by atoms with Crippen LogP contribution in [0.4, 0.5) is 19.0 Å². The summed E-state index contributed by atoms with van der Waals surface area (Å²) in [6.07, 6.45) is -4.44. The molecule has 0 radical (unpaired) electrons. The van der Waals surface area contributed by atoms with E-state index in [1.807, 2.05) is 6.07 Å². The first kappa shape index (κ1) is 25.0. The summed E-state index contributed by atoms with van der Waals surface area (Å²) >= 11 is 0. The van der Waals surface area contributed by atoms with Crippen molar-refractivity contribution in [2.45, 2.75) is 33.0 Å². The third kappa shape index (κ3) is 4.95. The second-order valence-electron chi connectivity index (χ2n) is 8.51. The Hall–Kier alpha value is -4.14. The lowest BCUT2D eigenvalue weighted by atomic mass is 9.97. The molecule has 0 spiro atoms. The van der Waals surface area contributed by atoms with Crippen molar-refractivity contribution in [3.63, 3.8) is 0 Å². The zero-order chi connectivity index (χ0) is 26.2. The third-order valence-electron chi connectivity index (χ3n) is 5.96. The van der Waals surface area contributed by atoms with Crippen molar-refractivity contribution >= 4 is 22.7 Å². The van der Waals surface area contributed by atoms with Crippen LogP contribution in [0.3, 0.4) is 0 Å². The first-order chi connectivity index (χ1) is 17.0. The monoisotopic (exact) mass is 495 g/mol. The number of aryl methyl sites for hydroxylation is 2. The molecular weight excluding hydrogens is 471 g/mol. The number of carbonyl (C=O) groups is 1. The maximum atomic E-state index is 13.2. The molecule has 4 rings (SSSR count). The molecule has 1 heterocycles. The summed E-state index contributed by atoms with van der Waals surface area (Å²) in [5, 5.41) is 13.2. The molecule has 0 saturated heterocycles. The van der Waals surface area contributed by atoms with E-state index in [9.17, 15) is 23.1 Å². The van der Waals surface area contributed by atoms with Gasteiger partial charge in [0.2, 0.25) is 0 Å². The van der Waals surface area contributed by atoms with Crippen molar-refractivity contribution in [3.05, 3.63) is 82.7 Å². The van der Waals surface area contributed by atoms with Crippen LogP contribution in [-0.4, -0.2) is 28.2 Å². The number of hydrogen-bond donors (Lipinski definition) is 2. The van der Waals surface area contributed by atoms with Crippen LogP contribution in [0.1, 0.15) is 45.8 Å². The molecule has 0 bridgehead atoms. The second-order valence-corrected chi connectivity index (χ2v) is 8.51. The van der Waals surface area contributed by atoms with Crippen LogP contribution in [0.2, 0.25) is 0 Å². The van der Waals surface area contributed by atoms with Gasteiger partial charge in [0, 0.05) is 23.1 Å². The van der Waals surface area contributed by atoms with Crippen molar-refractivity contribution < 1.29 is 27.8 Å². The minimum atomic E-state index is -4.44. The Bertz CT molecular complexity index is 1470. The van der Waals surface area contributed by atoms with Crippen LogP contribution in [-0.2, 0) is 6.18 Å². The number of alkyl halides is 3. The number of aromatic carboxylic acids is 1. The van der Waals surface area contributed by atoms with Crippen LogP contribution in [0.15, 0.2) is 54.6 Å². The van der Waals surface area contributed by atoms with Crippen LogP contribution in [0, 0.1) is 13.8 Å². The number of carboxylic acids is 1. The molecule has 0 fully saturated rings. The van der Waals surface area contributed by atoms with Crippen molar-refractivity contribution in [1.29, 1.82) is 0 Å². The number of anilines is 1. The van der Waals surface area contributed by atoms with E-state index >= 15 is 0 Å². The van der Waals surface area contributed by atoms with Crippen LogP contribution in [0.25, 0.3) is 22.0 Å². The number of halogens is 3. The maximum Gasteiger partial charge on any atom is 0.416 e. The molecule has 1 aromatic heterocycles. The van der Waals surface area contributed by atoms with E-state index < -0.39 is 23.8 Å². The molecule has 2 N–H and O–H groups in total. The minimum absolute atomic E-state index is 0.203. The standard InChI is InChI=1S/C27H24F3N3O3/c1-14-10-18(8-9-20(14)26(34)35)21-12-22-23(13-24(21)36-4)32-16(3)33-25(22)31-15(2)17-6-5-7-19(11-17)27(28,29)30/h5-13,15H,1-4H3,(H,34,35)(H,31,32,33)/t15-/m1/s1. The van der Waals surface area contributed by atoms with Gasteiger partial charge in [-0.15, -0.1) is 0 Å². The lowest BCUT2D eigenvalue weighted by Gasteiger charge is -2.19. The summed E-state index contributed by atoms with van der Waals surface area (Å²) in [5.41, 5.74) is 2.59. The maximum absolute atomic E-state index is 13.2. The van der Waals surface area contributed by atoms with Gasteiger partial charge in [-0.05, 0) is 61.7 Å². The Morgan fingerprint density at radius 1 is 1.06 bits per heavy atom. The fraction of sp³-hybridized carbons (Fsp3) is 0.222. The highest BCUT2D eigenvalue weighted by molar-refractivity contribution is 5.96. The van der Waals surface area contributed by atoms with Crippen LogP contribution in [0.5, 0.6) is 5.75 Å². The Labute approximate surface area is 205 Å². The molecule has 6 nitrogen and oxygen atoms in total. The van der Waals surface area contributed by atoms with Crippen LogP contribution >= 0.6 is 0 Å². The number of nitrogens with zero attached hydrogens (tertiary/aromatic N) is 2. The average molecular weight is 496 g/mol. The molecule has 0 aliphatic heterocycles. The number of fused-ring (bicyclic) bond motifs is 1. The van der Waals surface area contributed by atoms with E-state index in [2.05, 4.69) is 15.3 Å². The quantitative estimate of drug-likeness (QED) is 0.306. The van der Waals surface area contributed by atoms with Gasteiger partial charge in [0.15, 0.2) is 0 Å². The Kier molecular flexibility index (Phi) is 6.58. The molecular formula is C27H24F3N3O3. The van der Waals surface area contributed by atoms with E-state index in [4.69, 9.17) is 4.74 Å². The smallest absolute Gasteiger partial charge is 0.416 e. The normalized spacial score (nSPS) is 12.4. The third-order valence-corrected chi connectivity index (χ3v) is 5.96. The molecule has 36 heavy (non-hydrogen) atoms. The highest BCUT2D eigenvalue weighted by Crippen LogP contribution is 2.37. The van der Waals surface area contributed by atoms with Crippen molar-refractivity contribution in [2.24, 2.45) is 0 Å². The van der Waals surface area contributed by atoms with Crippen molar-refractivity contribution in [2.75, 3.05) is 12.4 Å². The van der Waals surface area contributed by atoms with Gasteiger partial charge in [-0.3, -0.25) is 0 Å². The molecule has 3 aromatic carbocycles. The summed E-state index contributed by atoms with van der Waals surface area (Å²) in [6.45, 7) is 5.21. The predicted molar refractivity (Wildman–Crippen MR) is 131 cm³/mol. The number of benzene rings is 3. The first-order valence-electron chi connectivity index (χ1n) is 11.1. The Morgan fingerprint density at radius 2 is 1.81 bits per heavy atom. The lowest BCUT2D eigenvalue weighted by molar-refractivity contribution is -0.137. The molecule has 0 amide bonds. The minimum Gasteiger partial charge on any atom is -0.496 e. The number of methoxy groups -OCH3 is 1. The molecule has 186 valence electrons. The zero-order valence-electron chi connectivity index (χ0n) is 20.1. The van der Waals surface area contributed by atoms with Gasteiger partial charge >= 0.3 is 12.1 Å². The van der Waals surface area contributed by atoms with E-state index in [1.54, 1.807) is 45.0 Å². The lowest BCUT2D eigenvalue weighted by Crippen LogP contribution is -2.12. The molecule has 0 aliphatic rings. The highest BCUT2D eigenvalue weighted by Gasteiger charge is 2.30. The van der Waals surface area contributed by atoms with Gasteiger partial charge < -0.3 is 15.2 Å². The number of rotatable bonds is 6. The summed E-state index contributed by atoms with van der Waals surface area (Å²) in [4.78, 5) is 20.5. The SMILES string of the molecule is COc1cc2nc(C)nc(N[C@H](C)c3cccc(C(F)(F)F)c3)c2cc1-c1ccc(C(=O)O)c(C)c1. The zero-order valence-corrected chi connectivity index (χ0v) is 20.1. The molecule has 9 heteroatoms. The summed E-state index contributed by atoms with van der Waals surface area (Å²) in [6, 6.07) is 13.3. The van der Waals surface area contributed by atoms with Gasteiger partial charge in [0.1, 0.15) is 17.4 Å². The molecule has 0 aliphatic carbocycles. The summed E-state index contributed by atoms with van der Waals surface area (Å²) in [7, 11) is 1.53. The second kappa shape index (κ2) is 9.49. The number of aromatic nitrogens is 2. The van der Waals surface area contributed by atoms with E-state index in [1.165, 1.54) is 19.2 Å². The summed E-state index contributed by atoms with van der Waals surface area (Å²) < 4.78 is 45.2. The Balaban J connectivity index is 1.81. The average Bonchev–Trinajstić information content (AvgIpc) is 2.82. The number of ether oxygens (including phenoxy) is 1. The van der Waals surface area contributed by atoms with Gasteiger partial charge in [0.05, 0.1) is 23.8 Å². The topological polar surface area (TPSA) is 84.3 Å². The molecule has 0 saturated carbocycles. The van der Waals surface area contributed by atoms with E-state index in [0.29, 0.717) is 45.0 Å². The largest absolute Gasteiger partial charge is 0.496 e. The Morgan fingerprint density at radius 3 is 2.44 bits per heavy atom.